The third kappa shape index (κ3) is 3.07. The molecule has 8 heteroatoms. The summed E-state index contributed by atoms with van der Waals surface area (Å²) in [5.41, 5.74) is 4.70. The Morgan fingerprint density at radius 3 is 2.63 bits per heavy atom. The molecule has 0 aliphatic heterocycles. The number of aromatic nitrogens is 3. The van der Waals surface area contributed by atoms with Gasteiger partial charge in [0.2, 0.25) is 0 Å². The van der Waals surface area contributed by atoms with E-state index >= 15 is 0 Å². The van der Waals surface area contributed by atoms with Crippen molar-refractivity contribution in [1.29, 1.82) is 0 Å². The van der Waals surface area contributed by atoms with E-state index < -0.39 is 11.7 Å². The van der Waals surface area contributed by atoms with Gasteiger partial charge in [0.15, 0.2) is 5.16 Å². The molecule has 1 aromatic heterocycles. The van der Waals surface area contributed by atoms with Gasteiger partial charge in [-0.15, -0.1) is 10.2 Å². The minimum atomic E-state index is -4.41. The summed E-state index contributed by atoms with van der Waals surface area (Å²) in [7, 11) is 1.72. The Morgan fingerprint density at radius 1 is 1.37 bits per heavy atom. The van der Waals surface area contributed by atoms with Crippen molar-refractivity contribution in [2.45, 2.75) is 22.8 Å². The van der Waals surface area contributed by atoms with E-state index in [1.165, 1.54) is 12.4 Å². The number of hydrogen-bond donors (Lipinski definition) is 1. The average molecular weight is 288 g/mol. The summed E-state index contributed by atoms with van der Waals surface area (Å²) in [6.45, 7) is -0.149. The molecule has 2 aromatic rings. The molecule has 0 bridgehead atoms. The lowest BCUT2D eigenvalue weighted by atomic mass is 10.1. The first-order valence-electron chi connectivity index (χ1n) is 5.34. The summed E-state index contributed by atoms with van der Waals surface area (Å²) >= 11 is 1.12. The maximum Gasteiger partial charge on any atom is 0.416 e. The van der Waals surface area contributed by atoms with Crippen LogP contribution in [0.5, 0.6) is 0 Å². The molecule has 0 fully saturated rings. The highest BCUT2D eigenvalue weighted by molar-refractivity contribution is 7.99. The molecule has 0 atom stereocenters. The highest BCUT2D eigenvalue weighted by atomic mass is 32.2. The van der Waals surface area contributed by atoms with Crippen molar-refractivity contribution in [3.63, 3.8) is 0 Å². The maximum absolute atomic E-state index is 12.9. The third-order valence-corrected chi connectivity index (χ3v) is 3.53. The van der Waals surface area contributed by atoms with Gasteiger partial charge in [0.05, 0.1) is 5.56 Å². The van der Waals surface area contributed by atoms with Crippen molar-refractivity contribution >= 4 is 11.8 Å². The number of aryl methyl sites for hydroxylation is 1. The molecular formula is C11H11F3N4S. The summed E-state index contributed by atoms with van der Waals surface area (Å²) in [4.78, 5) is 0.445. The molecule has 0 unspecified atom stereocenters. The number of alkyl halides is 3. The van der Waals surface area contributed by atoms with Gasteiger partial charge in [-0.1, -0.05) is 6.07 Å². The molecule has 4 nitrogen and oxygen atoms in total. The fraction of sp³-hybridized carbons (Fsp3) is 0.273. The van der Waals surface area contributed by atoms with Crippen molar-refractivity contribution in [2.75, 3.05) is 0 Å². The van der Waals surface area contributed by atoms with Crippen LogP contribution in [0, 0.1) is 0 Å². The molecule has 1 aromatic carbocycles. The van der Waals surface area contributed by atoms with E-state index in [-0.39, 0.29) is 12.1 Å². The van der Waals surface area contributed by atoms with Crippen LogP contribution in [0.2, 0.25) is 0 Å². The van der Waals surface area contributed by atoms with Gasteiger partial charge in [-0.05, 0) is 29.5 Å². The van der Waals surface area contributed by atoms with Crippen LogP contribution in [0.4, 0.5) is 13.2 Å². The second kappa shape index (κ2) is 5.22. The van der Waals surface area contributed by atoms with Gasteiger partial charge in [0.1, 0.15) is 6.33 Å². The second-order valence-corrected chi connectivity index (χ2v) is 4.89. The maximum atomic E-state index is 12.9. The Labute approximate surface area is 111 Å². The van der Waals surface area contributed by atoms with Crippen molar-refractivity contribution in [3.05, 3.63) is 35.7 Å². The summed E-state index contributed by atoms with van der Waals surface area (Å²) < 4.78 is 40.3. The molecule has 19 heavy (non-hydrogen) atoms. The van der Waals surface area contributed by atoms with Crippen molar-refractivity contribution in [1.82, 2.24) is 14.8 Å². The zero-order chi connectivity index (χ0) is 14.0. The smallest absolute Gasteiger partial charge is 0.326 e. The Kier molecular flexibility index (Phi) is 3.81. The monoisotopic (exact) mass is 288 g/mol. The molecule has 0 aliphatic carbocycles. The fourth-order valence-electron chi connectivity index (χ4n) is 1.53. The number of halogens is 3. The quantitative estimate of drug-likeness (QED) is 0.942. The van der Waals surface area contributed by atoms with E-state index in [9.17, 15) is 13.2 Å². The topological polar surface area (TPSA) is 56.7 Å². The van der Waals surface area contributed by atoms with Crippen LogP contribution in [0.15, 0.2) is 34.6 Å². The first-order valence-corrected chi connectivity index (χ1v) is 6.15. The van der Waals surface area contributed by atoms with Gasteiger partial charge < -0.3 is 10.3 Å². The van der Waals surface area contributed by atoms with E-state index in [0.717, 1.165) is 17.8 Å². The molecule has 0 saturated carbocycles. The largest absolute Gasteiger partial charge is 0.416 e. The molecule has 0 saturated heterocycles. The lowest BCUT2D eigenvalue weighted by Gasteiger charge is -2.13. The Balaban J connectivity index is 2.36. The molecule has 0 spiro atoms. The van der Waals surface area contributed by atoms with Gasteiger partial charge in [-0.3, -0.25) is 0 Å². The van der Waals surface area contributed by atoms with Gasteiger partial charge in [0.25, 0.3) is 0 Å². The number of rotatable bonds is 3. The van der Waals surface area contributed by atoms with Gasteiger partial charge >= 0.3 is 6.18 Å². The zero-order valence-corrected chi connectivity index (χ0v) is 10.8. The Hall–Kier alpha value is -1.54. The number of hydrogen-bond acceptors (Lipinski definition) is 4. The molecule has 1 heterocycles. The van der Waals surface area contributed by atoms with Crippen LogP contribution >= 0.6 is 11.8 Å². The highest BCUT2D eigenvalue weighted by Crippen LogP contribution is 2.36. The molecule has 0 amide bonds. The predicted octanol–water partition coefficient (Wildman–Crippen LogP) is 2.44. The molecule has 2 N–H and O–H groups in total. The van der Waals surface area contributed by atoms with Crippen LogP contribution in [0.25, 0.3) is 0 Å². The lowest BCUT2D eigenvalue weighted by Crippen LogP contribution is -2.12. The minimum Gasteiger partial charge on any atom is -0.326 e. The summed E-state index contributed by atoms with van der Waals surface area (Å²) in [6.07, 6.45) is -2.92. The van der Waals surface area contributed by atoms with Crippen LogP contribution in [0.1, 0.15) is 11.1 Å². The fourth-order valence-corrected chi connectivity index (χ4v) is 2.33. The number of nitrogens with zero attached hydrogens (tertiary/aromatic N) is 3. The van der Waals surface area contributed by atoms with Crippen LogP contribution < -0.4 is 5.73 Å². The Bertz CT molecular complexity index is 580. The molecule has 2 rings (SSSR count). The van der Waals surface area contributed by atoms with Crippen molar-refractivity contribution in [3.8, 4) is 0 Å². The van der Waals surface area contributed by atoms with Gasteiger partial charge in [-0.2, -0.15) is 13.2 Å². The predicted molar refractivity (Wildman–Crippen MR) is 64.5 cm³/mol. The SMILES string of the molecule is Cn1cnnc1Sc1ccc(CN)c(C(F)(F)F)c1. The molecule has 102 valence electrons. The van der Waals surface area contributed by atoms with Crippen LogP contribution in [-0.2, 0) is 19.8 Å². The minimum absolute atomic E-state index is 0.0785. The van der Waals surface area contributed by atoms with E-state index in [1.807, 2.05) is 0 Å². The van der Waals surface area contributed by atoms with Crippen molar-refractivity contribution in [2.24, 2.45) is 12.8 Å². The first-order chi connectivity index (χ1) is 8.91. The second-order valence-electron chi connectivity index (χ2n) is 3.85. The molecular weight excluding hydrogens is 277 g/mol. The van der Waals surface area contributed by atoms with E-state index in [2.05, 4.69) is 10.2 Å². The zero-order valence-electron chi connectivity index (χ0n) is 9.98. The number of benzene rings is 1. The van der Waals surface area contributed by atoms with E-state index in [1.54, 1.807) is 17.7 Å². The first kappa shape index (κ1) is 13.9. The highest BCUT2D eigenvalue weighted by Gasteiger charge is 2.33. The average Bonchev–Trinajstić information content (AvgIpc) is 2.74. The summed E-state index contributed by atoms with van der Waals surface area (Å²) in [5.74, 6) is 0. The van der Waals surface area contributed by atoms with Gasteiger partial charge in [-0.25, -0.2) is 0 Å². The molecule has 0 aliphatic rings. The van der Waals surface area contributed by atoms with Crippen LogP contribution in [0.3, 0.4) is 0 Å². The standard InChI is InChI=1S/C11H11F3N4S/c1-18-6-16-17-10(18)19-8-3-2-7(5-15)9(4-8)11(12,13)14/h2-4,6H,5,15H2,1H3. The van der Waals surface area contributed by atoms with E-state index in [0.29, 0.717) is 10.1 Å². The summed E-state index contributed by atoms with van der Waals surface area (Å²) in [6, 6.07) is 4.07. The summed E-state index contributed by atoms with van der Waals surface area (Å²) in [5, 5.41) is 8.01. The van der Waals surface area contributed by atoms with Gasteiger partial charge in [0, 0.05) is 18.5 Å². The third-order valence-electron chi connectivity index (χ3n) is 2.49. The lowest BCUT2D eigenvalue weighted by molar-refractivity contribution is -0.138. The molecule has 0 radical (unpaired) electrons. The Morgan fingerprint density at radius 2 is 2.11 bits per heavy atom. The van der Waals surface area contributed by atoms with Crippen molar-refractivity contribution < 1.29 is 13.2 Å². The normalized spacial score (nSPS) is 11.8. The number of nitrogens with two attached hydrogens (primary N) is 1. The van der Waals surface area contributed by atoms with E-state index in [4.69, 9.17) is 5.73 Å². The van der Waals surface area contributed by atoms with Crippen LogP contribution in [-0.4, -0.2) is 14.8 Å².